The Kier molecular flexibility index (Phi) is 2.51. The summed E-state index contributed by atoms with van der Waals surface area (Å²) in [5.74, 6) is -0.224. The van der Waals surface area contributed by atoms with Gasteiger partial charge in [0.15, 0.2) is 0 Å². The summed E-state index contributed by atoms with van der Waals surface area (Å²) in [5.41, 5.74) is 0.564. The van der Waals surface area contributed by atoms with Gasteiger partial charge in [0.05, 0.1) is 0 Å². The van der Waals surface area contributed by atoms with Gasteiger partial charge in [0.2, 0.25) is 0 Å². The van der Waals surface area contributed by atoms with Crippen LogP contribution in [0.2, 0.25) is 0 Å². The van der Waals surface area contributed by atoms with Crippen molar-refractivity contribution in [2.75, 3.05) is 0 Å². The SMILES string of the molecule is CC(C)c1cc(N=O)c(O)cc1O. The molecule has 0 aliphatic carbocycles. The number of phenols is 2. The van der Waals surface area contributed by atoms with Gasteiger partial charge in [0.1, 0.15) is 17.2 Å². The smallest absolute Gasteiger partial charge is 0.150 e. The fourth-order valence-corrected chi connectivity index (χ4v) is 1.12. The molecule has 0 unspecified atom stereocenters. The van der Waals surface area contributed by atoms with Gasteiger partial charge in [-0.1, -0.05) is 13.8 Å². The Morgan fingerprint density at radius 1 is 1.23 bits per heavy atom. The first-order chi connectivity index (χ1) is 6.06. The van der Waals surface area contributed by atoms with Crippen LogP contribution >= 0.6 is 0 Å². The number of nitroso groups, excluding NO2 is 1. The fraction of sp³-hybridized carbons (Fsp3) is 0.333. The van der Waals surface area contributed by atoms with E-state index in [0.29, 0.717) is 5.56 Å². The molecule has 0 radical (unpaired) electrons. The monoisotopic (exact) mass is 181 g/mol. The summed E-state index contributed by atoms with van der Waals surface area (Å²) in [7, 11) is 0. The highest BCUT2D eigenvalue weighted by molar-refractivity contribution is 5.57. The maximum absolute atomic E-state index is 10.2. The summed E-state index contributed by atoms with van der Waals surface area (Å²) in [4.78, 5) is 10.2. The van der Waals surface area contributed by atoms with Crippen molar-refractivity contribution >= 4 is 5.69 Å². The van der Waals surface area contributed by atoms with Crippen molar-refractivity contribution in [1.29, 1.82) is 0 Å². The molecule has 1 aromatic rings. The molecular weight excluding hydrogens is 170 g/mol. The Morgan fingerprint density at radius 3 is 2.31 bits per heavy atom. The molecule has 0 spiro atoms. The van der Waals surface area contributed by atoms with Crippen LogP contribution in [0, 0.1) is 4.91 Å². The summed E-state index contributed by atoms with van der Waals surface area (Å²) < 4.78 is 0. The third-order valence-electron chi connectivity index (χ3n) is 1.84. The van der Waals surface area contributed by atoms with Crippen molar-refractivity contribution in [1.82, 2.24) is 0 Å². The van der Waals surface area contributed by atoms with Gasteiger partial charge in [-0.15, -0.1) is 4.91 Å². The van der Waals surface area contributed by atoms with E-state index in [2.05, 4.69) is 5.18 Å². The lowest BCUT2D eigenvalue weighted by Gasteiger charge is -2.08. The van der Waals surface area contributed by atoms with Crippen LogP contribution in [-0.2, 0) is 0 Å². The second kappa shape index (κ2) is 3.43. The van der Waals surface area contributed by atoms with Crippen molar-refractivity contribution in [3.8, 4) is 11.5 Å². The van der Waals surface area contributed by atoms with Gasteiger partial charge < -0.3 is 10.2 Å². The number of aromatic hydroxyl groups is 2. The van der Waals surface area contributed by atoms with Gasteiger partial charge in [-0.3, -0.25) is 0 Å². The van der Waals surface area contributed by atoms with Crippen LogP contribution < -0.4 is 0 Å². The quantitative estimate of drug-likeness (QED) is 0.689. The number of hydrogen-bond acceptors (Lipinski definition) is 4. The summed E-state index contributed by atoms with van der Waals surface area (Å²) >= 11 is 0. The molecule has 0 heterocycles. The molecule has 0 aliphatic rings. The van der Waals surface area contributed by atoms with Crippen molar-refractivity contribution in [2.24, 2.45) is 5.18 Å². The summed E-state index contributed by atoms with van der Waals surface area (Å²) in [6.45, 7) is 3.75. The minimum atomic E-state index is -0.295. The van der Waals surface area contributed by atoms with E-state index in [-0.39, 0.29) is 23.1 Å². The third kappa shape index (κ3) is 1.77. The van der Waals surface area contributed by atoms with Gasteiger partial charge >= 0.3 is 0 Å². The molecule has 1 aromatic carbocycles. The van der Waals surface area contributed by atoms with E-state index in [4.69, 9.17) is 5.11 Å². The van der Waals surface area contributed by atoms with Crippen LogP contribution in [0.3, 0.4) is 0 Å². The van der Waals surface area contributed by atoms with Crippen molar-refractivity contribution in [2.45, 2.75) is 19.8 Å². The van der Waals surface area contributed by atoms with Gasteiger partial charge in [-0.2, -0.15) is 0 Å². The second-order valence-electron chi connectivity index (χ2n) is 3.15. The summed E-state index contributed by atoms with van der Waals surface area (Å²) in [6.07, 6.45) is 0. The Labute approximate surface area is 75.8 Å². The molecule has 0 aliphatic heterocycles. The van der Waals surface area contributed by atoms with Crippen molar-refractivity contribution in [3.63, 3.8) is 0 Å². The van der Waals surface area contributed by atoms with Crippen molar-refractivity contribution < 1.29 is 10.2 Å². The highest BCUT2D eigenvalue weighted by Crippen LogP contribution is 2.36. The van der Waals surface area contributed by atoms with Gasteiger partial charge in [0.25, 0.3) is 0 Å². The van der Waals surface area contributed by atoms with E-state index in [0.717, 1.165) is 6.07 Å². The predicted octanol–water partition coefficient (Wildman–Crippen LogP) is 2.62. The van der Waals surface area contributed by atoms with Crippen LogP contribution in [0.4, 0.5) is 5.69 Å². The molecule has 13 heavy (non-hydrogen) atoms. The summed E-state index contributed by atoms with van der Waals surface area (Å²) in [5, 5.41) is 21.2. The molecule has 0 amide bonds. The Morgan fingerprint density at radius 2 is 1.85 bits per heavy atom. The van der Waals surface area contributed by atoms with Crippen LogP contribution in [-0.4, -0.2) is 10.2 Å². The Bertz CT molecular complexity index is 334. The number of nitrogens with zero attached hydrogens (tertiary/aromatic N) is 1. The molecule has 2 N–H and O–H groups in total. The fourth-order valence-electron chi connectivity index (χ4n) is 1.12. The zero-order valence-electron chi connectivity index (χ0n) is 7.48. The highest BCUT2D eigenvalue weighted by Gasteiger charge is 2.11. The number of hydrogen-bond donors (Lipinski definition) is 2. The predicted molar refractivity (Wildman–Crippen MR) is 49.3 cm³/mol. The van der Waals surface area contributed by atoms with E-state index in [1.54, 1.807) is 0 Å². The third-order valence-corrected chi connectivity index (χ3v) is 1.84. The van der Waals surface area contributed by atoms with Crippen molar-refractivity contribution in [3.05, 3.63) is 22.6 Å². The normalized spacial score (nSPS) is 10.4. The molecule has 0 atom stereocenters. The van der Waals surface area contributed by atoms with Gasteiger partial charge in [0, 0.05) is 6.07 Å². The van der Waals surface area contributed by atoms with E-state index >= 15 is 0 Å². The van der Waals surface area contributed by atoms with E-state index in [1.165, 1.54) is 6.07 Å². The first-order valence-corrected chi connectivity index (χ1v) is 3.95. The first kappa shape index (κ1) is 9.51. The zero-order valence-corrected chi connectivity index (χ0v) is 7.48. The minimum absolute atomic E-state index is 0.0140. The molecule has 0 saturated heterocycles. The minimum Gasteiger partial charge on any atom is -0.508 e. The average Bonchev–Trinajstić information content (AvgIpc) is 2.03. The lowest BCUT2D eigenvalue weighted by molar-refractivity contribution is 0.445. The molecule has 0 fully saturated rings. The maximum Gasteiger partial charge on any atom is 0.150 e. The number of phenolic OH excluding ortho intramolecular Hbond substituents is 2. The molecule has 4 heteroatoms. The second-order valence-corrected chi connectivity index (χ2v) is 3.15. The molecule has 4 nitrogen and oxygen atoms in total. The van der Waals surface area contributed by atoms with E-state index < -0.39 is 0 Å². The lowest BCUT2D eigenvalue weighted by atomic mass is 10.0. The van der Waals surface area contributed by atoms with E-state index in [1.807, 2.05) is 13.8 Å². The Hall–Kier alpha value is -1.58. The number of benzene rings is 1. The molecule has 1 rings (SSSR count). The first-order valence-electron chi connectivity index (χ1n) is 3.95. The zero-order chi connectivity index (χ0) is 10.0. The van der Waals surface area contributed by atoms with E-state index in [9.17, 15) is 10.0 Å². The van der Waals surface area contributed by atoms with Crippen LogP contribution in [0.5, 0.6) is 11.5 Å². The van der Waals surface area contributed by atoms with Gasteiger partial charge in [-0.25, -0.2) is 0 Å². The highest BCUT2D eigenvalue weighted by atomic mass is 16.3. The topological polar surface area (TPSA) is 69.9 Å². The lowest BCUT2D eigenvalue weighted by Crippen LogP contribution is -1.87. The molecule has 0 bridgehead atoms. The van der Waals surface area contributed by atoms with Crippen LogP contribution in [0.25, 0.3) is 0 Å². The van der Waals surface area contributed by atoms with Crippen LogP contribution in [0.15, 0.2) is 17.3 Å². The average molecular weight is 181 g/mol. The Balaban J connectivity index is 3.30. The maximum atomic E-state index is 10.2. The molecule has 70 valence electrons. The van der Waals surface area contributed by atoms with Gasteiger partial charge in [-0.05, 0) is 22.7 Å². The molecule has 0 saturated carbocycles. The number of rotatable bonds is 2. The standard InChI is InChI=1S/C9H11NO3/c1-5(2)6-3-7(10-13)9(12)4-8(6)11/h3-5,11-12H,1-2H3. The molecule has 0 aromatic heterocycles. The molecular formula is C9H11NO3. The van der Waals surface area contributed by atoms with Crippen LogP contribution in [0.1, 0.15) is 25.3 Å². The summed E-state index contributed by atoms with van der Waals surface area (Å²) in [6, 6.07) is 2.52. The largest absolute Gasteiger partial charge is 0.508 e.